The molecule has 0 saturated carbocycles. The summed E-state index contributed by atoms with van der Waals surface area (Å²) in [6.07, 6.45) is 38.6. The van der Waals surface area contributed by atoms with E-state index < -0.39 is 32.5 Å². The van der Waals surface area contributed by atoms with Crippen LogP contribution >= 0.6 is 7.82 Å². The second-order valence-corrected chi connectivity index (χ2v) is 13.9. The molecule has 0 aromatic rings. The van der Waals surface area contributed by atoms with E-state index in [1.807, 2.05) is 0 Å². The van der Waals surface area contributed by atoms with Gasteiger partial charge in [0, 0.05) is 19.4 Å². The van der Waals surface area contributed by atoms with Crippen molar-refractivity contribution in [2.45, 2.75) is 161 Å². The lowest BCUT2D eigenvalue weighted by molar-refractivity contribution is -0.161. The van der Waals surface area contributed by atoms with Crippen molar-refractivity contribution in [1.29, 1.82) is 0 Å². The number of unbranched alkanes of at least 4 members (excludes halogenated alkanes) is 14. The molecule has 0 bridgehead atoms. The highest BCUT2D eigenvalue weighted by molar-refractivity contribution is 7.47. The van der Waals surface area contributed by atoms with Gasteiger partial charge in [-0.15, -0.1) is 0 Å². The van der Waals surface area contributed by atoms with Gasteiger partial charge in [0.1, 0.15) is 6.61 Å². The normalized spacial score (nSPS) is 14.0. The van der Waals surface area contributed by atoms with E-state index in [-0.39, 0.29) is 32.6 Å². The first-order valence-corrected chi connectivity index (χ1v) is 20.6. The van der Waals surface area contributed by atoms with E-state index >= 15 is 0 Å². The van der Waals surface area contributed by atoms with Gasteiger partial charge in [0.2, 0.25) is 0 Å². The third-order valence-electron chi connectivity index (χ3n) is 7.72. The molecular weight excluding hydrogens is 641 g/mol. The van der Waals surface area contributed by atoms with Crippen LogP contribution in [0.25, 0.3) is 0 Å². The molecule has 3 N–H and O–H groups in total. The summed E-state index contributed by atoms with van der Waals surface area (Å²) in [5.41, 5.74) is 5.32. The second-order valence-electron chi connectivity index (χ2n) is 12.4. The Morgan fingerprint density at radius 2 is 1.06 bits per heavy atom. The monoisotopic (exact) mass is 711 g/mol. The maximum absolute atomic E-state index is 12.5. The Morgan fingerprint density at radius 1 is 0.612 bits per heavy atom. The van der Waals surface area contributed by atoms with Crippen LogP contribution in [-0.4, -0.2) is 49.3 Å². The fourth-order valence-corrected chi connectivity index (χ4v) is 5.62. The number of carbonyl (C=O) groups excluding carboxylic acids is 2. The van der Waals surface area contributed by atoms with Crippen molar-refractivity contribution < 1.29 is 37.6 Å². The number of esters is 2. The lowest BCUT2D eigenvalue weighted by Gasteiger charge is -2.19. The minimum Gasteiger partial charge on any atom is -0.462 e. The summed E-state index contributed by atoms with van der Waals surface area (Å²) in [7, 11) is -4.37. The van der Waals surface area contributed by atoms with Gasteiger partial charge in [0.25, 0.3) is 0 Å². The standard InChI is InChI=1S/C39H70NO8P/c1-3-5-7-9-11-13-14-15-16-17-18-19-20-21-22-24-25-27-29-31-38(41)45-35-37(36-47-49(43,44)46-34-33-40)48-39(42)32-30-28-26-23-12-10-8-6-4-2/h11,13,15-16,18-19,21-22,37H,3-10,12,14,17,20,23-36,40H2,1-2H3,(H,43,44)/b13-11-,16-15-,19-18-,22-21-/t37-/m1/s1. The predicted molar refractivity (Wildman–Crippen MR) is 201 cm³/mol. The van der Waals surface area contributed by atoms with Gasteiger partial charge in [-0.1, -0.05) is 133 Å². The lowest BCUT2D eigenvalue weighted by atomic mass is 10.1. The van der Waals surface area contributed by atoms with Crippen molar-refractivity contribution in [3.05, 3.63) is 48.6 Å². The maximum Gasteiger partial charge on any atom is 0.472 e. The minimum absolute atomic E-state index is 0.0479. The molecule has 0 radical (unpaired) electrons. The van der Waals surface area contributed by atoms with Crippen molar-refractivity contribution in [2.24, 2.45) is 5.73 Å². The van der Waals surface area contributed by atoms with Crippen LogP contribution in [0.4, 0.5) is 0 Å². The predicted octanol–water partition coefficient (Wildman–Crippen LogP) is 10.4. The van der Waals surface area contributed by atoms with Crippen molar-refractivity contribution >= 4 is 19.8 Å². The summed E-state index contributed by atoms with van der Waals surface area (Å²) in [4.78, 5) is 34.6. The van der Waals surface area contributed by atoms with Gasteiger partial charge in [0.05, 0.1) is 13.2 Å². The number of ether oxygens (including phenoxy) is 2. The number of rotatable bonds is 35. The van der Waals surface area contributed by atoms with Crippen LogP contribution in [0, 0.1) is 0 Å². The van der Waals surface area contributed by atoms with E-state index in [4.69, 9.17) is 24.3 Å². The maximum atomic E-state index is 12.5. The Hall–Kier alpha value is -2.03. The minimum atomic E-state index is -4.37. The Bertz CT molecular complexity index is 949. The number of carbonyl (C=O) groups is 2. The van der Waals surface area contributed by atoms with E-state index in [0.29, 0.717) is 12.8 Å². The summed E-state index contributed by atoms with van der Waals surface area (Å²) in [5, 5.41) is 0. The van der Waals surface area contributed by atoms with E-state index in [0.717, 1.165) is 57.8 Å². The highest BCUT2D eigenvalue weighted by Gasteiger charge is 2.25. The first kappa shape index (κ1) is 47.0. The summed E-state index contributed by atoms with van der Waals surface area (Å²) in [5.74, 6) is -0.871. The average molecular weight is 712 g/mol. The number of nitrogens with two attached hydrogens (primary N) is 1. The fraction of sp³-hybridized carbons (Fsp3) is 0.744. The first-order valence-electron chi connectivity index (χ1n) is 19.1. The van der Waals surface area contributed by atoms with Crippen LogP contribution in [0.3, 0.4) is 0 Å². The molecule has 0 rings (SSSR count). The van der Waals surface area contributed by atoms with Gasteiger partial charge in [-0.2, -0.15) is 0 Å². The zero-order valence-corrected chi connectivity index (χ0v) is 31.8. The number of hydrogen-bond donors (Lipinski definition) is 2. The first-order chi connectivity index (χ1) is 23.8. The summed E-state index contributed by atoms with van der Waals surface area (Å²) in [6, 6.07) is 0. The molecule has 10 heteroatoms. The number of phosphoric ester groups is 1. The van der Waals surface area contributed by atoms with Gasteiger partial charge in [-0.05, 0) is 57.8 Å². The zero-order chi connectivity index (χ0) is 36.1. The van der Waals surface area contributed by atoms with E-state index in [1.54, 1.807) is 0 Å². The van der Waals surface area contributed by atoms with Crippen LogP contribution in [0.1, 0.15) is 155 Å². The average Bonchev–Trinajstić information content (AvgIpc) is 3.08. The van der Waals surface area contributed by atoms with Crippen molar-refractivity contribution in [1.82, 2.24) is 0 Å². The molecule has 0 amide bonds. The van der Waals surface area contributed by atoms with E-state index in [1.165, 1.54) is 57.8 Å². The van der Waals surface area contributed by atoms with Crippen molar-refractivity contribution in [3.8, 4) is 0 Å². The highest BCUT2D eigenvalue weighted by atomic mass is 31.2. The number of phosphoric acid groups is 1. The van der Waals surface area contributed by atoms with Crippen LogP contribution in [0.2, 0.25) is 0 Å². The fourth-order valence-electron chi connectivity index (χ4n) is 4.85. The lowest BCUT2D eigenvalue weighted by Crippen LogP contribution is -2.29. The molecule has 0 spiro atoms. The Morgan fingerprint density at radius 3 is 1.61 bits per heavy atom. The molecule has 284 valence electrons. The molecule has 0 aromatic carbocycles. The molecule has 0 aliphatic heterocycles. The van der Waals surface area contributed by atoms with Crippen LogP contribution in [-0.2, 0) is 32.7 Å². The molecule has 0 fully saturated rings. The molecule has 1 unspecified atom stereocenters. The van der Waals surface area contributed by atoms with Gasteiger partial charge in [0.15, 0.2) is 6.10 Å². The highest BCUT2D eigenvalue weighted by Crippen LogP contribution is 2.43. The summed E-state index contributed by atoms with van der Waals surface area (Å²) >= 11 is 0. The smallest absolute Gasteiger partial charge is 0.462 e. The van der Waals surface area contributed by atoms with Crippen molar-refractivity contribution in [3.63, 3.8) is 0 Å². The molecular formula is C39H70NO8P. The Labute approximate surface area is 298 Å². The van der Waals surface area contributed by atoms with E-state index in [9.17, 15) is 19.0 Å². The summed E-state index contributed by atoms with van der Waals surface area (Å²) < 4.78 is 32.5. The van der Waals surface area contributed by atoms with Gasteiger partial charge < -0.3 is 20.1 Å². The molecule has 9 nitrogen and oxygen atoms in total. The topological polar surface area (TPSA) is 134 Å². The number of hydrogen-bond acceptors (Lipinski definition) is 8. The molecule has 49 heavy (non-hydrogen) atoms. The quantitative estimate of drug-likeness (QED) is 0.0285. The second kappa shape index (κ2) is 35.8. The third-order valence-corrected chi connectivity index (χ3v) is 8.70. The van der Waals surface area contributed by atoms with E-state index in [2.05, 4.69) is 62.5 Å². The van der Waals surface area contributed by atoms with Gasteiger partial charge in [-0.25, -0.2) is 4.57 Å². The molecule has 0 aromatic heterocycles. The van der Waals surface area contributed by atoms with Crippen LogP contribution < -0.4 is 5.73 Å². The van der Waals surface area contributed by atoms with Crippen molar-refractivity contribution in [2.75, 3.05) is 26.4 Å². The molecule has 0 saturated heterocycles. The SMILES string of the molecule is CCCCC/C=C\C/C=C\C/C=C\C/C=C\CCCCCC(=O)OC[C@H](COP(=O)(O)OCCN)OC(=O)CCCCCCCCCCC. The molecule has 0 heterocycles. The largest absolute Gasteiger partial charge is 0.472 e. The zero-order valence-electron chi connectivity index (χ0n) is 30.9. The van der Waals surface area contributed by atoms with Crippen LogP contribution in [0.5, 0.6) is 0 Å². The summed E-state index contributed by atoms with van der Waals surface area (Å²) in [6.45, 7) is 3.62. The van der Waals surface area contributed by atoms with Gasteiger partial charge in [-0.3, -0.25) is 18.6 Å². The molecule has 0 aliphatic carbocycles. The Balaban J connectivity index is 4.24. The van der Waals surface area contributed by atoms with Crippen LogP contribution in [0.15, 0.2) is 48.6 Å². The third kappa shape index (κ3) is 35.6. The number of allylic oxidation sites excluding steroid dienone is 8. The van der Waals surface area contributed by atoms with Gasteiger partial charge >= 0.3 is 19.8 Å². The molecule has 0 aliphatic rings. The molecule has 2 atom stereocenters. The Kier molecular flexibility index (Phi) is 34.3.